The Morgan fingerprint density at radius 2 is 2.10 bits per heavy atom. The molecule has 2 fully saturated rings. The normalized spacial score (nSPS) is 28.4. The minimum Gasteiger partial charge on any atom is -0.381 e. The minimum atomic E-state index is -3.06. The van der Waals surface area contributed by atoms with Crippen molar-refractivity contribution in [3.63, 3.8) is 0 Å². The van der Waals surface area contributed by atoms with E-state index in [0.29, 0.717) is 24.9 Å². The van der Waals surface area contributed by atoms with Gasteiger partial charge in [0.1, 0.15) is 0 Å². The van der Waals surface area contributed by atoms with E-state index in [2.05, 4.69) is 5.32 Å². The first kappa shape index (κ1) is 16.5. The van der Waals surface area contributed by atoms with E-state index >= 15 is 0 Å². The summed E-state index contributed by atoms with van der Waals surface area (Å²) in [6, 6.07) is 0. The zero-order valence-corrected chi connectivity index (χ0v) is 13.7. The van der Waals surface area contributed by atoms with Crippen molar-refractivity contribution < 1.29 is 13.2 Å². The third-order valence-corrected chi connectivity index (χ3v) is 6.20. The maximum absolute atomic E-state index is 11.6. The smallest absolute Gasteiger partial charge is 0.211 e. The Hall–Kier alpha value is 0.120. The van der Waals surface area contributed by atoms with Crippen LogP contribution >= 0.6 is 11.6 Å². The molecule has 5 nitrogen and oxygen atoms in total. The Kier molecular flexibility index (Phi) is 5.71. The molecule has 2 heterocycles. The maximum Gasteiger partial charge on any atom is 0.211 e. The Morgan fingerprint density at radius 3 is 2.70 bits per heavy atom. The molecule has 2 aliphatic heterocycles. The van der Waals surface area contributed by atoms with Gasteiger partial charge in [-0.05, 0) is 38.1 Å². The number of rotatable bonds is 5. The molecule has 2 saturated heterocycles. The van der Waals surface area contributed by atoms with Crippen molar-refractivity contribution in [2.75, 3.05) is 45.0 Å². The molecule has 1 N–H and O–H groups in total. The Bertz CT molecular complexity index is 410. The summed E-state index contributed by atoms with van der Waals surface area (Å²) >= 11 is 6.13. The molecular weight excluding hydrogens is 300 g/mol. The highest BCUT2D eigenvalue weighted by Crippen LogP contribution is 2.24. The predicted octanol–water partition coefficient (Wildman–Crippen LogP) is 1.04. The van der Waals surface area contributed by atoms with E-state index in [1.165, 1.54) is 6.26 Å². The molecule has 0 aromatic carbocycles. The fraction of sp³-hybridized carbons (Fsp3) is 1.00. The molecule has 7 heteroatoms. The van der Waals surface area contributed by atoms with E-state index < -0.39 is 10.0 Å². The van der Waals surface area contributed by atoms with Crippen LogP contribution in [0.1, 0.15) is 25.7 Å². The molecule has 0 amide bonds. The topological polar surface area (TPSA) is 58.6 Å². The fourth-order valence-electron chi connectivity index (χ4n) is 2.98. The molecule has 1 atom stereocenters. The zero-order chi connectivity index (χ0) is 14.6. The number of nitrogens with one attached hydrogen (secondary N) is 1. The van der Waals surface area contributed by atoms with Gasteiger partial charge in [0.05, 0.1) is 6.26 Å². The molecule has 0 radical (unpaired) electrons. The van der Waals surface area contributed by atoms with Gasteiger partial charge in [-0.1, -0.05) is 0 Å². The van der Waals surface area contributed by atoms with Crippen molar-refractivity contribution in [2.45, 2.75) is 31.2 Å². The highest BCUT2D eigenvalue weighted by atomic mass is 35.5. The van der Waals surface area contributed by atoms with E-state index in [0.717, 1.165) is 45.4 Å². The van der Waals surface area contributed by atoms with Crippen molar-refractivity contribution in [3.05, 3.63) is 0 Å². The molecule has 0 aromatic rings. The second-order valence-electron chi connectivity index (χ2n) is 6.04. The number of hydrogen-bond donors (Lipinski definition) is 1. The lowest BCUT2D eigenvalue weighted by atomic mass is 9.90. The van der Waals surface area contributed by atoms with E-state index in [1.54, 1.807) is 4.31 Å². The van der Waals surface area contributed by atoms with Crippen LogP contribution in [0.2, 0.25) is 0 Å². The van der Waals surface area contributed by atoms with Crippen molar-refractivity contribution in [2.24, 2.45) is 5.92 Å². The second kappa shape index (κ2) is 6.92. The zero-order valence-electron chi connectivity index (χ0n) is 12.1. The molecule has 0 saturated carbocycles. The average Bonchev–Trinajstić information content (AvgIpc) is 2.46. The van der Waals surface area contributed by atoms with Crippen LogP contribution in [0.3, 0.4) is 0 Å². The van der Waals surface area contributed by atoms with Crippen LogP contribution in [0.4, 0.5) is 0 Å². The summed E-state index contributed by atoms with van der Waals surface area (Å²) in [6.45, 7) is 3.61. The Morgan fingerprint density at radius 1 is 1.40 bits per heavy atom. The first-order chi connectivity index (χ1) is 9.45. The molecule has 1 unspecified atom stereocenters. The quantitative estimate of drug-likeness (QED) is 0.768. The molecule has 20 heavy (non-hydrogen) atoms. The standard InChI is InChI=1S/C13H25ClN2O3S/c1-20(17,18)16-6-2-3-12(10-16)9-15-13(11-14)4-7-19-8-5-13/h12,15H,2-11H2,1H3. The summed E-state index contributed by atoms with van der Waals surface area (Å²) in [5.41, 5.74) is -0.0346. The molecule has 0 bridgehead atoms. The lowest BCUT2D eigenvalue weighted by Crippen LogP contribution is -2.54. The number of piperidine rings is 1. The average molecular weight is 325 g/mol. The number of sulfonamides is 1. The summed E-state index contributed by atoms with van der Waals surface area (Å²) in [7, 11) is -3.06. The van der Waals surface area contributed by atoms with Gasteiger partial charge < -0.3 is 10.1 Å². The van der Waals surface area contributed by atoms with Gasteiger partial charge in [0, 0.05) is 37.7 Å². The summed E-state index contributed by atoms with van der Waals surface area (Å²) in [5, 5.41) is 3.59. The Balaban J connectivity index is 1.86. The van der Waals surface area contributed by atoms with Crippen molar-refractivity contribution >= 4 is 21.6 Å². The van der Waals surface area contributed by atoms with Gasteiger partial charge in [-0.3, -0.25) is 0 Å². The lowest BCUT2D eigenvalue weighted by molar-refractivity contribution is 0.0439. The van der Waals surface area contributed by atoms with Gasteiger partial charge in [-0.2, -0.15) is 0 Å². The maximum atomic E-state index is 11.6. The van der Waals surface area contributed by atoms with Gasteiger partial charge in [0.15, 0.2) is 0 Å². The lowest BCUT2D eigenvalue weighted by Gasteiger charge is -2.39. The monoisotopic (exact) mass is 324 g/mol. The van der Waals surface area contributed by atoms with Crippen molar-refractivity contribution in [3.8, 4) is 0 Å². The fourth-order valence-corrected chi connectivity index (χ4v) is 4.28. The SMILES string of the molecule is CS(=O)(=O)N1CCCC(CNC2(CCl)CCOCC2)C1. The van der Waals surface area contributed by atoms with Gasteiger partial charge in [-0.15, -0.1) is 11.6 Å². The van der Waals surface area contributed by atoms with Crippen molar-refractivity contribution in [1.29, 1.82) is 0 Å². The molecule has 2 aliphatic rings. The van der Waals surface area contributed by atoms with Gasteiger partial charge in [-0.25, -0.2) is 12.7 Å². The van der Waals surface area contributed by atoms with Gasteiger partial charge >= 0.3 is 0 Å². The number of alkyl halides is 1. The van der Waals surface area contributed by atoms with Crippen LogP contribution in [0.15, 0.2) is 0 Å². The molecule has 0 spiro atoms. The number of halogens is 1. The molecular formula is C13H25ClN2O3S. The summed E-state index contributed by atoms with van der Waals surface area (Å²) < 4.78 is 30.2. The van der Waals surface area contributed by atoms with Crippen LogP contribution in [0, 0.1) is 5.92 Å². The summed E-state index contributed by atoms with van der Waals surface area (Å²) in [5.74, 6) is 0.959. The first-order valence-corrected chi connectivity index (χ1v) is 9.67. The predicted molar refractivity (Wildman–Crippen MR) is 80.6 cm³/mol. The van der Waals surface area contributed by atoms with E-state index in [4.69, 9.17) is 16.3 Å². The number of nitrogens with zero attached hydrogens (tertiary/aromatic N) is 1. The third-order valence-electron chi connectivity index (χ3n) is 4.42. The van der Waals surface area contributed by atoms with Gasteiger partial charge in [0.25, 0.3) is 0 Å². The number of hydrogen-bond acceptors (Lipinski definition) is 4. The molecule has 2 rings (SSSR count). The Labute approximate surface area is 127 Å². The van der Waals surface area contributed by atoms with Crippen LogP contribution in [0.5, 0.6) is 0 Å². The third kappa shape index (κ3) is 4.31. The van der Waals surface area contributed by atoms with E-state index in [-0.39, 0.29) is 5.54 Å². The van der Waals surface area contributed by atoms with E-state index in [1.807, 2.05) is 0 Å². The first-order valence-electron chi connectivity index (χ1n) is 7.29. The highest BCUT2D eigenvalue weighted by Gasteiger charge is 2.33. The molecule has 0 aromatic heterocycles. The van der Waals surface area contributed by atoms with Gasteiger partial charge in [0.2, 0.25) is 10.0 Å². The van der Waals surface area contributed by atoms with Crippen LogP contribution < -0.4 is 5.32 Å². The molecule has 0 aliphatic carbocycles. The van der Waals surface area contributed by atoms with E-state index in [9.17, 15) is 8.42 Å². The largest absolute Gasteiger partial charge is 0.381 e. The molecule has 118 valence electrons. The second-order valence-corrected chi connectivity index (χ2v) is 8.29. The van der Waals surface area contributed by atoms with Crippen LogP contribution in [-0.2, 0) is 14.8 Å². The highest BCUT2D eigenvalue weighted by molar-refractivity contribution is 7.88. The van der Waals surface area contributed by atoms with Crippen LogP contribution in [-0.4, -0.2) is 63.2 Å². The number of ether oxygens (including phenoxy) is 1. The summed E-state index contributed by atoms with van der Waals surface area (Å²) in [6.07, 6.45) is 5.17. The minimum absolute atomic E-state index is 0.0346. The van der Waals surface area contributed by atoms with Crippen molar-refractivity contribution in [1.82, 2.24) is 9.62 Å². The summed E-state index contributed by atoms with van der Waals surface area (Å²) in [4.78, 5) is 0. The van der Waals surface area contributed by atoms with Crippen LogP contribution in [0.25, 0.3) is 0 Å².